The number of benzene rings is 2. The van der Waals surface area contributed by atoms with Crippen molar-refractivity contribution in [1.82, 2.24) is 0 Å². The van der Waals surface area contributed by atoms with E-state index in [1.807, 2.05) is 0 Å². The van der Waals surface area contributed by atoms with Gasteiger partial charge >= 0.3 is 0 Å². The van der Waals surface area contributed by atoms with E-state index >= 15 is 0 Å². The summed E-state index contributed by atoms with van der Waals surface area (Å²) in [4.78, 5) is 4.68. The highest BCUT2D eigenvalue weighted by Gasteiger charge is 2.27. The minimum Gasteiger partial charge on any atom is -0.475 e. The zero-order valence-electron chi connectivity index (χ0n) is 11.0. The van der Waals surface area contributed by atoms with Gasteiger partial charge in [-0.2, -0.15) is 0 Å². The molecule has 92 valence electrons. The summed E-state index contributed by atoms with van der Waals surface area (Å²) in [7, 11) is 0. The van der Waals surface area contributed by atoms with E-state index in [1.54, 1.807) is 0 Å². The van der Waals surface area contributed by atoms with Gasteiger partial charge in [-0.15, -0.1) is 0 Å². The minimum atomic E-state index is -0.111. The summed E-state index contributed by atoms with van der Waals surface area (Å²) in [6, 6.07) is 12.6. The summed E-state index contributed by atoms with van der Waals surface area (Å²) in [5.41, 5.74) is 2.26. The molecule has 0 radical (unpaired) electrons. The Kier molecular flexibility index (Phi) is 2.40. The molecule has 0 N–H and O–H groups in total. The predicted molar refractivity (Wildman–Crippen MR) is 75.3 cm³/mol. The lowest BCUT2D eigenvalue weighted by Crippen LogP contribution is -2.17. The number of nitrogens with zero attached hydrogens (tertiary/aromatic N) is 1. The number of hydrogen-bond donors (Lipinski definition) is 0. The molecular formula is C16H17NO. The highest BCUT2D eigenvalue weighted by molar-refractivity contribution is 6.08. The molecule has 0 saturated carbocycles. The SMILES string of the molecule is Cc1cccc2cccc(C3=NC(C)(C)CO3)c12. The van der Waals surface area contributed by atoms with Crippen LogP contribution in [-0.2, 0) is 4.74 Å². The van der Waals surface area contributed by atoms with Gasteiger partial charge in [0.1, 0.15) is 6.61 Å². The standard InChI is InChI=1S/C16H17NO/c1-11-6-4-7-12-8-5-9-13(14(11)12)15-17-16(2,3)10-18-15/h4-9H,10H2,1-3H3. The number of aliphatic imine (C=N–C) groups is 1. The molecule has 0 unspecified atom stereocenters. The molecule has 2 nitrogen and oxygen atoms in total. The van der Waals surface area contributed by atoms with Gasteiger partial charge in [-0.1, -0.05) is 30.3 Å². The normalized spacial score (nSPS) is 17.6. The van der Waals surface area contributed by atoms with Gasteiger partial charge in [-0.05, 0) is 43.2 Å². The molecule has 0 aliphatic carbocycles. The summed E-state index contributed by atoms with van der Waals surface area (Å²) < 4.78 is 5.77. The lowest BCUT2D eigenvalue weighted by molar-refractivity contribution is 0.279. The Hall–Kier alpha value is -1.83. The highest BCUT2D eigenvalue weighted by atomic mass is 16.5. The van der Waals surface area contributed by atoms with Crippen molar-refractivity contribution in [3.63, 3.8) is 0 Å². The molecule has 0 bridgehead atoms. The van der Waals surface area contributed by atoms with Gasteiger partial charge < -0.3 is 4.74 Å². The summed E-state index contributed by atoms with van der Waals surface area (Å²) in [6.45, 7) is 6.98. The van der Waals surface area contributed by atoms with Crippen LogP contribution in [0.15, 0.2) is 41.4 Å². The summed E-state index contributed by atoms with van der Waals surface area (Å²) in [5.74, 6) is 0.778. The van der Waals surface area contributed by atoms with Gasteiger partial charge in [0.2, 0.25) is 5.90 Å². The van der Waals surface area contributed by atoms with E-state index in [1.165, 1.54) is 16.3 Å². The highest BCUT2D eigenvalue weighted by Crippen LogP contribution is 2.27. The first-order chi connectivity index (χ1) is 8.57. The van der Waals surface area contributed by atoms with Crippen LogP contribution in [0.1, 0.15) is 25.0 Å². The van der Waals surface area contributed by atoms with E-state index < -0.39 is 0 Å². The number of hydrogen-bond acceptors (Lipinski definition) is 2. The van der Waals surface area contributed by atoms with Crippen molar-refractivity contribution in [2.24, 2.45) is 4.99 Å². The topological polar surface area (TPSA) is 21.6 Å². The van der Waals surface area contributed by atoms with Crippen LogP contribution < -0.4 is 0 Å². The first kappa shape index (κ1) is 11.3. The minimum absolute atomic E-state index is 0.111. The Morgan fingerprint density at radius 1 is 1.11 bits per heavy atom. The van der Waals surface area contributed by atoms with E-state index in [2.05, 4.69) is 62.2 Å². The average Bonchev–Trinajstić information content (AvgIpc) is 2.69. The van der Waals surface area contributed by atoms with Crippen LogP contribution in [0.5, 0.6) is 0 Å². The van der Waals surface area contributed by atoms with E-state index in [0.717, 1.165) is 11.5 Å². The third-order valence-corrected chi connectivity index (χ3v) is 3.31. The van der Waals surface area contributed by atoms with E-state index in [4.69, 9.17) is 4.74 Å². The van der Waals surface area contributed by atoms with Gasteiger partial charge in [0.25, 0.3) is 0 Å². The van der Waals surface area contributed by atoms with Crippen molar-refractivity contribution in [2.45, 2.75) is 26.3 Å². The molecule has 0 aromatic heterocycles. The van der Waals surface area contributed by atoms with Crippen molar-refractivity contribution in [3.05, 3.63) is 47.5 Å². The van der Waals surface area contributed by atoms with Gasteiger partial charge in [-0.3, -0.25) is 0 Å². The Bertz CT molecular complexity index is 635. The summed E-state index contributed by atoms with van der Waals surface area (Å²) in [6.07, 6.45) is 0. The Balaban J connectivity index is 2.25. The molecule has 0 atom stereocenters. The van der Waals surface area contributed by atoms with Gasteiger partial charge in [-0.25, -0.2) is 4.99 Å². The molecule has 1 aliphatic heterocycles. The fraction of sp³-hybridized carbons (Fsp3) is 0.312. The lowest BCUT2D eigenvalue weighted by Gasteiger charge is -2.08. The maximum absolute atomic E-state index is 5.77. The van der Waals surface area contributed by atoms with Crippen molar-refractivity contribution >= 4 is 16.7 Å². The molecular weight excluding hydrogens is 222 g/mol. The number of rotatable bonds is 1. The van der Waals surface area contributed by atoms with Crippen LogP contribution in [0.4, 0.5) is 0 Å². The van der Waals surface area contributed by atoms with Crippen LogP contribution in [0, 0.1) is 6.92 Å². The van der Waals surface area contributed by atoms with E-state index in [-0.39, 0.29) is 5.54 Å². The Labute approximate surface area is 107 Å². The lowest BCUT2D eigenvalue weighted by atomic mass is 10.00. The predicted octanol–water partition coefficient (Wildman–Crippen LogP) is 3.70. The third kappa shape index (κ3) is 1.78. The third-order valence-electron chi connectivity index (χ3n) is 3.31. The van der Waals surface area contributed by atoms with Crippen molar-refractivity contribution < 1.29 is 4.74 Å². The second-order valence-electron chi connectivity index (χ2n) is 5.50. The second-order valence-corrected chi connectivity index (χ2v) is 5.50. The molecule has 2 heteroatoms. The fourth-order valence-corrected chi connectivity index (χ4v) is 2.43. The maximum Gasteiger partial charge on any atom is 0.217 e. The molecule has 0 fully saturated rings. The number of ether oxygens (including phenoxy) is 1. The molecule has 18 heavy (non-hydrogen) atoms. The van der Waals surface area contributed by atoms with E-state index in [0.29, 0.717) is 6.61 Å². The number of aryl methyl sites for hydroxylation is 1. The smallest absolute Gasteiger partial charge is 0.217 e. The van der Waals surface area contributed by atoms with Crippen molar-refractivity contribution in [1.29, 1.82) is 0 Å². The van der Waals surface area contributed by atoms with Crippen molar-refractivity contribution in [3.8, 4) is 0 Å². The molecule has 0 saturated heterocycles. The number of fused-ring (bicyclic) bond motifs is 1. The van der Waals surface area contributed by atoms with Crippen LogP contribution in [0.2, 0.25) is 0 Å². The Morgan fingerprint density at radius 2 is 1.83 bits per heavy atom. The first-order valence-electron chi connectivity index (χ1n) is 6.28. The zero-order valence-corrected chi connectivity index (χ0v) is 11.0. The summed E-state index contributed by atoms with van der Waals surface area (Å²) >= 11 is 0. The average molecular weight is 239 g/mol. The molecule has 2 aromatic carbocycles. The molecule has 2 aromatic rings. The zero-order chi connectivity index (χ0) is 12.8. The molecule has 1 aliphatic rings. The van der Waals surface area contributed by atoms with Crippen LogP contribution in [0.3, 0.4) is 0 Å². The Morgan fingerprint density at radius 3 is 2.50 bits per heavy atom. The largest absolute Gasteiger partial charge is 0.475 e. The van der Waals surface area contributed by atoms with E-state index in [9.17, 15) is 0 Å². The van der Waals surface area contributed by atoms with Crippen LogP contribution >= 0.6 is 0 Å². The molecule has 0 spiro atoms. The molecule has 1 heterocycles. The summed E-state index contributed by atoms with van der Waals surface area (Å²) in [5, 5.41) is 2.49. The molecule has 3 rings (SSSR count). The van der Waals surface area contributed by atoms with Gasteiger partial charge in [0, 0.05) is 5.56 Å². The maximum atomic E-state index is 5.77. The first-order valence-corrected chi connectivity index (χ1v) is 6.28. The molecule has 0 amide bonds. The second kappa shape index (κ2) is 3.84. The monoisotopic (exact) mass is 239 g/mol. The van der Waals surface area contributed by atoms with Crippen LogP contribution in [0.25, 0.3) is 10.8 Å². The van der Waals surface area contributed by atoms with Crippen LogP contribution in [-0.4, -0.2) is 18.0 Å². The fourth-order valence-electron chi connectivity index (χ4n) is 2.43. The van der Waals surface area contributed by atoms with Crippen molar-refractivity contribution in [2.75, 3.05) is 6.61 Å². The van der Waals surface area contributed by atoms with Gasteiger partial charge in [0.15, 0.2) is 0 Å². The van der Waals surface area contributed by atoms with Gasteiger partial charge in [0.05, 0.1) is 5.54 Å². The quantitative estimate of drug-likeness (QED) is 0.743.